The molecule has 0 heterocycles. The zero-order chi connectivity index (χ0) is 15.1. The molecule has 0 fully saturated rings. The van der Waals surface area contributed by atoms with Crippen LogP contribution in [-0.4, -0.2) is 17.8 Å². The zero-order valence-electron chi connectivity index (χ0n) is 12.8. The summed E-state index contributed by atoms with van der Waals surface area (Å²) < 4.78 is 5.66. The minimum Gasteiger partial charge on any atom is -0.386 e. The summed E-state index contributed by atoms with van der Waals surface area (Å²) in [5.74, 6) is 0. The first-order valence-electron chi connectivity index (χ1n) is 7.65. The second kappa shape index (κ2) is 7.96. The Balaban J connectivity index is 1.95. The van der Waals surface area contributed by atoms with Gasteiger partial charge in [-0.05, 0) is 30.0 Å². The molecule has 0 saturated heterocycles. The van der Waals surface area contributed by atoms with E-state index in [4.69, 9.17) is 4.74 Å². The Morgan fingerprint density at radius 2 is 1.57 bits per heavy atom. The molecule has 0 aliphatic carbocycles. The van der Waals surface area contributed by atoms with Gasteiger partial charge in [0, 0.05) is 0 Å². The number of hydrogen-bond acceptors (Lipinski definition) is 2. The second-order valence-electron chi connectivity index (χ2n) is 5.44. The highest BCUT2D eigenvalue weighted by Gasteiger charge is 2.10. The fraction of sp³-hybridized carbons (Fsp3) is 0.368. The predicted octanol–water partition coefficient (Wildman–Crippen LogP) is 4.59. The van der Waals surface area contributed by atoms with Crippen molar-refractivity contribution < 1.29 is 9.84 Å². The van der Waals surface area contributed by atoms with Gasteiger partial charge in [0.25, 0.3) is 0 Å². The molecule has 0 aliphatic rings. The first-order chi connectivity index (χ1) is 10.2. The quantitative estimate of drug-likeness (QED) is 0.805. The minimum absolute atomic E-state index is 0.202. The van der Waals surface area contributed by atoms with Gasteiger partial charge in [-0.25, -0.2) is 0 Å². The predicted molar refractivity (Wildman–Crippen MR) is 87.2 cm³/mol. The lowest BCUT2D eigenvalue weighted by molar-refractivity contribution is -0.00583. The van der Waals surface area contributed by atoms with E-state index in [0.29, 0.717) is 6.61 Å². The Labute approximate surface area is 127 Å². The molecule has 0 spiro atoms. The minimum atomic E-state index is -0.561. The molecule has 2 heteroatoms. The summed E-state index contributed by atoms with van der Waals surface area (Å²) in [4.78, 5) is 0. The number of ether oxygens (including phenoxy) is 1. The van der Waals surface area contributed by atoms with Crippen molar-refractivity contribution in [1.29, 1.82) is 0 Å². The van der Waals surface area contributed by atoms with Gasteiger partial charge >= 0.3 is 0 Å². The highest BCUT2D eigenvalue weighted by Crippen LogP contribution is 2.22. The van der Waals surface area contributed by atoms with E-state index in [-0.39, 0.29) is 6.10 Å². The number of rotatable bonds is 7. The Morgan fingerprint density at radius 1 is 0.952 bits per heavy atom. The van der Waals surface area contributed by atoms with E-state index < -0.39 is 6.10 Å². The maximum atomic E-state index is 10.2. The van der Waals surface area contributed by atoms with Gasteiger partial charge in [0.15, 0.2) is 0 Å². The maximum Gasteiger partial charge on any atom is 0.102 e. The van der Waals surface area contributed by atoms with Gasteiger partial charge < -0.3 is 9.84 Å². The molecule has 2 atom stereocenters. The van der Waals surface area contributed by atoms with E-state index in [2.05, 4.69) is 26.0 Å². The van der Waals surface area contributed by atoms with E-state index in [0.717, 1.165) is 24.0 Å². The molecule has 112 valence electrons. The van der Waals surface area contributed by atoms with Crippen LogP contribution in [0.4, 0.5) is 0 Å². The smallest absolute Gasteiger partial charge is 0.102 e. The summed E-state index contributed by atoms with van der Waals surface area (Å²) in [5, 5.41) is 10.2. The molecule has 1 N–H and O–H groups in total. The highest BCUT2D eigenvalue weighted by molar-refractivity contribution is 5.63. The summed E-state index contributed by atoms with van der Waals surface area (Å²) >= 11 is 0. The van der Waals surface area contributed by atoms with Gasteiger partial charge in [-0.15, -0.1) is 0 Å². The maximum absolute atomic E-state index is 10.2. The van der Waals surface area contributed by atoms with Gasteiger partial charge in [0.2, 0.25) is 0 Å². The Hall–Kier alpha value is -1.64. The molecule has 2 nitrogen and oxygen atoms in total. The fourth-order valence-corrected chi connectivity index (χ4v) is 2.37. The van der Waals surface area contributed by atoms with Gasteiger partial charge in [0.05, 0.1) is 12.7 Å². The lowest BCUT2D eigenvalue weighted by atomic mass is 10.0. The molecule has 0 aromatic heterocycles. The molecule has 0 bridgehead atoms. The van der Waals surface area contributed by atoms with Gasteiger partial charge in [-0.2, -0.15) is 0 Å². The van der Waals surface area contributed by atoms with Crippen LogP contribution in [0.2, 0.25) is 0 Å². The average molecular weight is 284 g/mol. The van der Waals surface area contributed by atoms with Gasteiger partial charge in [-0.3, -0.25) is 0 Å². The fourth-order valence-electron chi connectivity index (χ4n) is 2.37. The second-order valence-corrected chi connectivity index (χ2v) is 5.44. The van der Waals surface area contributed by atoms with Gasteiger partial charge in [0.1, 0.15) is 6.10 Å². The van der Waals surface area contributed by atoms with Crippen LogP contribution in [0.1, 0.15) is 38.4 Å². The Morgan fingerprint density at radius 3 is 2.19 bits per heavy atom. The molecule has 2 unspecified atom stereocenters. The monoisotopic (exact) mass is 284 g/mol. The first-order valence-corrected chi connectivity index (χ1v) is 7.65. The molecule has 21 heavy (non-hydrogen) atoms. The SMILES string of the molecule is CCCC(C)OCC(O)c1ccc(-c2ccccc2)cc1. The van der Waals surface area contributed by atoms with Crippen LogP contribution in [0.5, 0.6) is 0 Å². The number of aliphatic hydroxyl groups is 1. The van der Waals surface area contributed by atoms with Crippen LogP contribution < -0.4 is 0 Å². The van der Waals surface area contributed by atoms with E-state index >= 15 is 0 Å². The Kier molecular flexibility index (Phi) is 5.97. The third-order valence-corrected chi connectivity index (χ3v) is 3.64. The molecule has 2 aromatic carbocycles. The number of aliphatic hydroxyl groups excluding tert-OH is 1. The summed E-state index contributed by atoms with van der Waals surface area (Å²) in [6.45, 7) is 4.54. The lowest BCUT2D eigenvalue weighted by Crippen LogP contribution is -2.14. The van der Waals surface area contributed by atoms with Crippen LogP contribution in [0, 0.1) is 0 Å². The molecule has 0 saturated carbocycles. The van der Waals surface area contributed by atoms with Crippen LogP contribution in [-0.2, 0) is 4.74 Å². The normalized spacial score (nSPS) is 13.9. The van der Waals surface area contributed by atoms with Crippen molar-refractivity contribution >= 4 is 0 Å². The number of benzene rings is 2. The van der Waals surface area contributed by atoms with Crippen molar-refractivity contribution in [3.8, 4) is 11.1 Å². The Bertz CT molecular complexity index is 519. The summed E-state index contributed by atoms with van der Waals surface area (Å²) in [7, 11) is 0. The average Bonchev–Trinajstić information content (AvgIpc) is 2.54. The lowest BCUT2D eigenvalue weighted by Gasteiger charge is -2.16. The first kappa shape index (κ1) is 15.7. The van der Waals surface area contributed by atoms with E-state index in [9.17, 15) is 5.11 Å². The number of hydrogen-bond donors (Lipinski definition) is 1. The third kappa shape index (κ3) is 4.69. The van der Waals surface area contributed by atoms with Crippen molar-refractivity contribution in [3.63, 3.8) is 0 Å². The largest absolute Gasteiger partial charge is 0.386 e. The molecular formula is C19H24O2. The molecule has 2 aromatic rings. The van der Waals surface area contributed by atoms with Crippen LogP contribution in [0.3, 0.4) is 0 Å². The van der Waals surface area contributed by atoms with Crippen LogP contribution in [0.25, 0.3) is 11.1 Å². The van der Waals surface area contributed by atoms with E-state index in [1.165, 1.54) is 5.56 Å². The van der Waals surface area contributed by atoms with E-state index in [1.54, 1.807) is 0 Å². The van der Waals surface area contributed by atoms with E-state index in [1.807, 2.05) is 42.5 Å². The summed E-state index contributed by atoms with van der Waals surface area (Å²) in [6.07, 6.45) is 1.77. The zero-order valence-corrected chi connectivity index (χ0v) is 12.8. The van der Waals surface area contributed by atoms with Crippen molar-refractivity contribution in [2.75, 3.05) is 6.61 Å². The summed E-state index contributed by atoms with van der Waals surface area (Å²) in [6, 6.07) is 18.3. The molecular weight excluding hydrogens is 260 g/mol. The van der Waals surface area contributed by atoms with Gasteiger partial charge in [-0.1, -0.05) is 67.9 Å². The topological polar surface area (TPSA) is 29.5 Å². The van der Waals surface area contributed by atoms with Crippen molar-refractivity contribution in [3.05, 3.63) is 60.2 Å². The van der Waals surface area contributed by atoms with Crippen LogP contribution >= 0.6 is 0 Å². The van der Waals surface area contributed by atoms with Crippen molar-refractivity contribution in [2.24, 2.45) is 0 Å². The van der Waals surface area contributed by atoms with Crippen molar-refractivity contribution in [2.45, 2.75) is 38.9 Å². The van der Waals surface area contributed by atoms with Crippen molar-refractivity contribution in [1.82, 2.24) is 0 Å². The van der Waals surface area contributed by atoms with Crippen LogP contribution in [0.15, 0.2) is 54.6 Å². The molecule has 0 amide bonds. The molecule has 0 radical (unpaired) electrons. The third-order valence-electron chi connectivity index (χ3n) is 3.64. The standard InChI is InChI=1S/C19H24O2/c1-3-7-15(2)21-14-19(20)18-12-10-17(11-13-18)16-8-5-4-6-9-16/h4-6,8-13,15,19-20H,3,7,14H2,1-2H3. The molecule has 0 aliphatic heterocycles. The molecule has 2 rings (SSSR count). The highest BCUT2D eigenvalue weighted by atomic mass is 16.5. The summed E-state index contributed by atoms with van der Waals surface area (Å²) in [5.41, 5.74) is 3.25.